The number of halogens is 2. The van der Waals surface area contributed by atoms with Crippen LogP contribution in [0.15, 0.2) is 40.2 Å². The van der Waals surface area contributed by atoms with Crippen molar-refractivity contribution in [1.29, 1.82) is 0 Å². The normalized spacial score (nSPS) is 22.8. The Morgan fingerprint density at radius 1 is 1.46 bits per heavy atom. The molecular formula is C19H19BrClN3S2. The number of aromatic nitrogens is 1. The first-order valence-electron chi connectivity index (χ1n) is 8.51. The summed E-state index contributed by atoms with van der Waals surface area (Å²) in [6, 6.07) is 6.23. The number of hydrogen-bond acceptors (Lipinski definition) is 5. The molecule has 3 N–H and O–H groups in total. The van der Waals surface area contributed by atoms with Crippen LogP contribution in [0.1, 0.15) is 29.0 Å². The summed E-state index contributed by atoms with van der Waals surface area (Å²) < 4.78 is 2.16. The first-order chi connectivity index (χ1) is 12.5. The number of thiophene rings is 2. The molecule has 0 bridgehead atoms. The lowest BCUT2D eigenvalue weighted by molar-refractivity contribution is 0.435. The van der Waals surface area contributed by atoms with E-state index >= 15 is 0 Å². The Bertz CT molecular complexity index is 952. The van der Waals surface area contributed by atoms with Crippen LogP contribution in [-0.2, 0) is 6.54 Å². The molecule has 0 amide bonds. The Balaban J connectivity index is 1.76. The summed E-state index contributed by atoms with van der Waals surface area (Å²) >= 11 is 13.6. The lowest BCUT2D eigenvalue weighted by Gasteiger charge is -2.30. The van der Waals surface area contributed by atoms with Crippen LogP contribution in [0, 0.1) is 5.92 Å². The molecule has 0 saturated carbocycles. The molecule has 0 unspecified atom stereocenters. The molecule has 3 atom stereocenters. The number of pyridine rings is 1. The summed E-state index contributed by atoms with van der Waals surface area (Å²) in [4.78, 5) is 7.13. The van der Waals surface area contributed by atoms with Crippen molar-refractivity contribution in [3.8, 4) is 0 Å². The van der Waals surface area contributed by atoms with E-state index in [0.717, 1.165) is 33.3 Å². The van der Waals surface area contributed by atoms with E-state index in [9.17, 15) is 0 Å². The van der Waals surface area contributed by atoms with Gasteiger partial charge in [0.1, 0.15) is 5.15 Å². The zero-order chi connectivity index (χ0) is 18.3. The van der Waals surface area contributed by atoms with E-state index in [0.29, 0.717) is 11.1 Å². The first kappa shape index (κ1) is 18.4. The van der Waals surface area contributed by atoms with E-state index in [1.54, 1.807) is 22.7 Å². The third-order valence-electron chi connectivity index (χ3n) is 4.79. The zero-order valence-corrected chi connectivity index (χ0v) is 18.2. The molecular weight excluding hydrogens is 450 g/mol. The number of fused-ring (bicyclic) bond motifs is 1. The highest BCUT2D eigenvalue weighted by Gasteiger charge is 2.31. The highest BCUT2D eigenvalue weighted by atomic mass is 79.9. The van der Waals surface area contributed by atoms with Gasteiger partial charge >= 0.3 is 0 Å². The lowest BCUT2D eigenvalue weighted by Crippen LogP contribution is -2.33. The number of rotatable bonds is 4. The van der Waals surface area contributed by atoms with Gasteiger partial charge in [-0.15, -0.1) is 22.7 Å². The summed E-state index contributed by atoms with van der Waals surface area (Å²) in [5.41, 5.74) is 8.40. The van der Waals surface area contributed by atoms with Crippen molar-refractivity contribution in [2.45, 2.75) is 31.8 Å². The number of anilines is 1. The van der Waals surface area contributed by atoms with Gasteiger partial charge < -0.3 is 11.1 Å². The van der Waals surface area contributed by atoms with Crippen LogP contribution >= 0.6 is 50.2 Å². The van der Waals surface area contributed by atoms with Crippen LogP contribution in [0.25, 0.3) is 10.2 Å². The molecule has 1 aliphatic carbocycles. The molecule has 0 spiro atoms. The molecule has 0 fully saturated rings. The average Bonchev–Trinajstić information content (AvgIpc) is 3.22. The van der Waals surface area contributed by atoms with Crippen molar-refractivity contribution >= 4 is 66.1 Å². The fourth-order valence-electron chi connectivity index (χ4n) is 3.51. The summed E-state index contributed by atoms with van der Waals surface area (Å²) in [7, 11) is 0. The second-order valence-corrected chi connectivity index (χ2v) is 9.86. The Morgan fingerprint density at radius 3 is 3.04 bits per heavy atom. The largest absolute Gasteiger partial charge is 0.379 e. The summed E-state index contributed by atoms with van der Waals surface area (Å²) in [6.45, 7) is 3.01. The minimum absolute atomic E-state index is 0.123. The fourth-order valence-corrected chi connectivity index (χ4v) is 6.69. The van der Waals surface area contributed by atoms with Gasteiger partial charge in [0.25, 0.3) is 0 Å². The van der Waals surface area contributed by atoms with Gasteiger partial charge in [-0.1, -0.05) is 36.7 Å². The van der Waals surface area contributed by atoms with E-state index in [2.05, 4.69) is 62.8 Å². The molecule has 136 valence electrons. The zero-order valence-electron chi connectivity index (χ0n) is 14.2. The van der Waals surface area contributed by atoms with Crippen LogP contribution in [-0.4, -0.2) is 11.0 Å². The average molecular weight is 469 g/mol. The molecule has 3 aromatic heterocycles. The van der Waals surface area contributed by atoms with Gasteiger partial charge in [-0.05, 0) is 39.7 Å². The number of nitrogens with two attached hydrogens (primary N) is 1. The maximum Gasteiger partial charge on any atom is 0.131 e. The standard InChI is InChI=1S/C19H19BrClN3S2/c1-10-4-2-6-12(22)15(10)19-16(20)17-18(26-19)13(8-14(21)24-17)23-9-11-5-3-7-25-11/h2-5,7-8,10,12,15H,6,9,22H2,1H3,(H,23,24)/t10-,12+,15+/m1/s1. The van der Waals surface area contributed by atoms with E-state index in [-0.39, 0.29) is 12.0 Å². The molecule has 0 radical (unpaired) electrons. The molecule has 0 aromatic carbocycles. The van der Waals surface area contributed by atoms with Gasteiger partial charge in [-0.2, -0.15) is 0 Å². The smallest absolute Gasteiger partial charge is 0.131 e. The highest BCUT2D eigenvalue weighted by molar-refractivity contribution is 9.10. The fraction of sp³-hybridized carbons (Fsp3) is 0.316. The van der Waals surface area contributed by atoms with Crippen molar-refractivity contribution < 1.29 is 0 Å². The van der Waals surface area contributed by atoms with Crippen molar-refractivity contribution in [2.75, 3.05) is 5.32 Å². The summed E-state index contributed by atoms with van der Waals surface area (Å²) in [5.74, 6) is 0.693. The topological polar surface area (TPSA) is 50.9 Å². The van der Waals surface area contributed by atoms with Gasteiger partial charge in [0, 0.05) is 34.3 Å². The summed E-state index contributed by atoms with van der Waals surface area (Å²) in [5, 5.41) is 6.11. The van der Waals surface area contributed by atoms with Crippen molar-refractivity contribution in [1.82, 2.24) is 4.98 Å². The van der Waals surface area contributed by atoms with Crippen molar-refractivity contribution in [2.24, 2.45) is 11.7 Å². The Hall–Kier alpha value is -0.920. The third kappa shape index (κ3) is 3.45. The molecule has 3 aromatic rings. The number of nitrogens with zero attached hydrogens (tertiary/aromatic N) is 1. The van der Waals surface area contributed by atoms with E-state index < -0.39 is 0 Å². The minimum Gasteiger partial charge on any atom is -0.379 e. The van der Waals surface area contributed by atoms with Crippen LogP contribution < -0.4 is 11.1 Å². The van der Waals surface area contributed by atoms with E-state index in [1.807, 2.05) is 6.07 Å². The van der Waals surface area contributed by atoms with Gasteiger partial charge in [-0.25, -0.2) is 4.98 Å². The maximum absolute atomic E-state index is 6.46. The van der Waals surface area contributed by atoms with E-state index in [1.165, 1.54) is 9.75 Å². The molecule has 26 heavy (non-hydrogen) atoms. The molecule has 3 nitrogen and oxygen atoms in total. The number of nitrogens with one attached hydrogen (secondary N) is 1. The highest BCUT2D eigenvalue weighted by Crippen LogP contribution is 2.47. The lowest BCUT2D eigenvalue weighted by atomic mass is 9.81. The Labute approximate surface area is 174 Å². The van der Waals surface area contributed by atoms with Gasteiger partial charge in [0.15, 0.2) is 0 Å². The second kappa shape index (κ2) is 7.60. The minimum atomic E-state index is 0.123. The van der Waals surface area contributed by atoms with Crippen molar-refractivity contribution in [3.05, 3.63) is 55.1 Å². The Morgan fingerprint density at radius 2 is 2.31 bits per heavy atom. The second-order valence-electron chi connectivity index (χ2n) is 6.60. The van der Waals surface area contributed by atoms with Crippen LogP contribution in [0.2, 0.25) is 5.15 Å². The predicted molar refractivity (Wildman–Crippen MR) is 118 cm³/mol. The Kier molecular flexibility index (Phi) is 5.39. The van der Waals surface area contributed by atoms with E-state index in [4.69, 9.17) is 17.3 Å². The maximum atomic E-state index is 6.46. The van der Waals surface area contributed by atoms with Gasteiger partial charge in [0.2, 0.25) is 0 Å². The predicted octanol–water partition coefficient (Wildman–Crippen LogP) is 6.39. The summed E-state index contributed by atoms with van der Waals surface area (Å²) in [6.07, 6.45) is 5.37. The number of hydrogen-bond donors (Lipinski definition) is 2. The third-order valence-corrected chi connectivity index (χ3v) is 8.24. The van der Waals surface area contributed by atoms with Crippen LogP contribution in [0.4, 0.5) is 5.69 Å². The molecule has 3 heterocycles. The SMILES string of the molecule is C[C@@H]1C=CC[C@H](N)[C@H]1c1sc2c(NCc3cccs3)cc(Cl)nc2c1Br. The van der Waals surface area contributed by atoms with Crippen molar-refractivity contribution in [3.63, 3.8) is 0 Å². The molecule has 7 heteroatoms. The monoisotopic (exact) mass is 467 g/mol. The van der Waals surface area contributed by atoms with Gasteiger partial charge in [0.05, 0.1) is 20.4 Å². The molecule has 1 aliphatic rings. The number of allylic oxidation sites excluding steroid dienone is 1. The quantitative estimate of drug-likeness (QED) is 0.344. The molecule has 0 aliphatic heterocycles. The van der Waals surface area contributed by atoms with Crippen LogP contribution in [0.3, 0.4) is 0 Å². The van der Waals surface area contributed by atoms with Crippen LogP contribution in [0.5, 0.6) is 0 Å². The first-order valence-corrected chi connectivity index (χ1v) is 11.4. The van der Waals surface area contributed by atoms with Gasteiger partial charge in [-0.3, -0.25) is 0 Å². The molecule has 0 saturated heterocycles. The molecule has 4 rings (SSSR count).